The van der Waals surface area contributed by atoms with Crippen LogP contribution in [0.2, 0.25) is 0 Å². The SMILES string of the molecule is CCCCCCCCOc1c2cc(C)sc2c(OCCCCCC)c2cc(-c3cc(CCCCCCCC)c(-c4nc5sc(-c6sc(C)cc6CCCCCCCC)nc5s4)s3)sc12. The molecule has 1 aromatic carbocycles. The molecule has 0 amide bonds. The van der Waals surface area contributed by atoms with Crippen LogP contribution in [-0.2, 0) is 12.8 Å². The van der Waals surface area contributed by atoms with Gasteiger partial charge in [-0.15, -0.1) is 45.3 Å². The van der Waals surface area contributed by atoms with E-state index in [-0.39, 0.29) is 0 Å². The number of nitrogens with zero attached hydrogens (tertiary/aromatic N) is 2. The summed E-state index contributed by atoms with van der Waals surface area (Å²) in [5.41, 5.74) is 2.91. The molecule has 7 rings (SSSR count). The first kappa shape index (κ1) is 49.6. The molecule has 0 aliphatic heterocycles. The standard InChI is InChI=1S/C54H74N2O2S6/c1-7-11-15-19-22-25-29-39-33-37(5)59-47(39)51-55-53-54(63-51)56-52(64-53)48-40(30-26-23-20-16-12-8-2)35-43(61-48)44-36-42-46(58-31-27-18-14-10-4)49-41(34-38(6)60-49)45(50(42)62-44)57-32-28-24-21-17-13-9-3/h33-36H,7-32H2,1-6H3. The maximum atomic E-state index is 6.87. The third-order valence-electron chi connectivity index (χ3n) is 12.4. The minimum atomic E-state index is 0.749. The Morgan fingerprint density at radius 1 is 0.406 bits per heavy atom. The molecule has 0 saturated carbocycles. The Hall–Kier alpha value is -2.34. The topological polar surface area (TPSA) is 44.2 Å². The Bertz CT molecular complexity index is 2440. The van der Waals surface area contributed by atoms with Crippen molar-refractivity contribution < 1.29 is 9.47 Å². The van der Waals surface area contributed by atoms with Crippen LogP contribution in [0, 0.1) is 13.8 Å². The lowest BCUT2D eigenvalue weighted by molar-refractivity contribution is 0.307. The van der Waals surface area contributed by atoms with Crippen LogP contribution in [-0.4, -0.2) is 23.2 Å². The van der Waals surface area contributed by atoms with E-state index in [1.807, 2.05) is 45.3 Å². The number of aromatic nitrogens is 2. The number of thiazole rings is 2. The summed E-state index contributed by atoms with van der Waals surface area (Å²) in [7, 11) is 0. The number of benzene rings is 1. The Kier molecular flexibility index (Phi) is 19.9. The number of hydrogen-bond acceptors (Lipinski definition) is 10. The van der Waals surface area contributed by atoms with Crippen molar-refractivity contribution in [3.8, 4) is 41.0 Å². The maximum Gasteiger partial charge on any atom is 0.155 e. The molecular formula is C54H74N2O2S6. The van der Waals surface area contributed by atoms with Crippen molar-refractivity contribution in [2.24, 2.45) is 0 Å². The van der Waals surface area contributed by atoms with Crippen molar-refractivity contribution in [1.82, 2.24) is 9.97 Å². The minimum absolute atomic E-state index is 0.749. The van der Waals surface area contributed by atoms with Crippen LogP contribution in [0.15, 0.2) is 24.3 Å². The van der Waals surface area contributed by atoms with Gasteiger partial charge in [0.15, 0.2) is 9.66 Å². The van der Waals surface area contributed by atoms with Crippen LogP contribution in [0.1, 0.15) is 190 Å². The Morgan fingerprint density at radius 3 is 1.39 bits per heavy atom. The Labute approximate surface area is 409 Å². The highest BCUT2D eigenvalue weighted by atomic mass is 32.1. The van der Waals surface area contributed by atoms with E-state index in [9.17, 15) is 0 Å². The maximum absolute atomic E-state index is 6.87. The van der Waals surface area contributed by atoms with Crippen LogP contribution in [0.3, 0.4) is 0 Å². The van der Waals surface area contributed by atoms with Crippen molar-refractivity contribution in [2.45, 2.75) is 196 Å². The third kappa shape index (κ3) is 13.0. The number of aryl methyl sites for hydroxylation is 4. The molecule has 0 saturated heterocycles. The van der Waals surface area contributed by atoms with Gasteiger partial charge in [-0.05, 0) is 87.8 Å². The highest BCUT2D eigenvalue weighted by Crippen LogP contribution is 2.53. The normalized spacial score (nSPS) is 12.0. The van der Waals surface area contributed by atoms with E-state index in [1.54, 1.807) is 22.7 Å². The molecule has 6 aromatic heterocycles. The van der Waals surface area contributed by atoms with Crippen molar-refractivity contribution in [1.29, 1.82) is 0 Å². The first-order valence-corrected chi connectivity index (χ1v) is 30.1. The number of rotatable bonds is 31. The third-order valence-corrected chi connectivity index (χ3v) is 19.4. The van der Waals surface area contributed by atoms with Gasteiger partial charge >= 0.3 is 0 Å². The Balaban J connectivity index is 1.20. The molecule has 0 N–H and O–H groups in total. The molecule has 0 atom stereocenters. The minimum Gasteiger partial charge on any atom is -0.491 e. The summed E-state index contributed by atoms with van der Waals surface area (Å²) in [5.74, 6) is 2.11. The zero-order valence-electron chi connectivity index (χ0n) is 39.9. The summed E-state index contributed by atoms with van der Waals surface area (Å²) in [4.78, 5) is 20.9. The molecule has 0 unspecified atom stereocenters. The second kappa shape index (κ2) is 25.7. The highest BCUT2D eigenvalue weighted by Gasteiger charge is 2.25. The molecule has 0 spiro atoms. The van der Waals surface area contributed by atoms with Crippen LogP contribution in [0.4, 0.5) is 0 Å². The number of hydrogen-bond donors (Lipinski definition) is 0. The van der Waals surface area contributed by atoms with Crippen molar-refractivity contribution in [2.75, 3.05) is 13.2 Å². The molecule has 4 nitrogen and oxygen atoms in total. The van der Waals surface area contributed by atoms with Gasteiger partial charge in [0.05, 0.1) is 32.4 Å². The summed E-state index contributed by atoms with van der Waals surface area (Å²) >= 11 is 11.2. The second-order valence-electron chi connectivity index (χ2n) is 18.0. The zero-order chi connectivity index (χ0) is 44.7. The van der Waals surface area contributed by atoms with Crippen molar-refractivity contribution >= 4 is 97.9 Å². The zero-order valence-corrected chi connectivity index (χ0v) is 44.8. The molecule has 0 aliphatic rings. The molecular weight excluding hydrogens is 901 g/mol. The fourth-order valence-corrected chi connectivity index (χ4v) is 15.7. The lowest BCUT2D eigenvalue weighted by atomic mass is 10.0. The summed E-state index contributed by atoms with van der Waals surface area (Å²) in [6, 6.07) is 9.68. The van der Waals surface area contributed by atoms with Gasteiger partial charge in [-0.2, -0.15) is 0 Å². The summed E-state index contributed by atoms with van der Waals surface area (Å²) in [5, 5.41) is 4.71. The smallest absolute Gasteiger partial charge is 0.155 e. The quantitative estimate of drug-likeness (QED) is 0.0407. The van der Waals surface area contributed by atoms with Crippen molar-refractivity contribution in [3.63, 3.8) is 0 Å². The van der Waals surface area contributed by atoms with Crippen LogP contribution < -0.4 is 9.47 Å². The predicted octanol–water partition coefficient (Wildman–Crippen LogP) is 20.4. The fourth-order valence-electron chi connectivity index (χ4n) is 8.87. The van der Waals surface area contributed by atoms with E-state index >= 15 is 0 Å². The molecule has 64 heavy (non-hydrogen) atoms. The average molecular weight is 976 g/mol. The molecule has 0 fully saturated rings. The fraction of sp³-hybridized carbons (Fsp3) is 0.593. The summed E-state index contributed by atoms with van der Waals surface area (Å²) < 4.78 is 16.2. The molecule has 6 heterocycles. The van der Waals surface area contributed by atoms with Gasteiger partial charge in [0.1, 0.15) is 21.5 Å². The number of thiophene rings is 4. The average Bonchev–Trinajstić information content (AvgIpc) is 4.15. The van der Waals surface area contributed by atoms with Gasteiger partial charge in [0.25, 0.3) is 0 Å². The molecule has 7 aromatic rings. The van der Waals surface area contributed by atoms with E-state index in [2.05, 4.69) is 65.8 Å². The van der Waals surface area contributed by atoms with E-state index in [4.69, 9.17) is 19.4 Å². The van der Waals surface area contributed by atoms with Crippen LogP contribution in [0.5, 0.6) is 11.5 Å². The largest absolute Gasteiger partial charge is 0.491 e. The van der Waals surface area contributed by atoms with Gasteiger partial charge in [-0.25, -0.2) is 9.97 Å². The lowest BCUT2D eigenvalue weighted by Crippen LogP contribution is -2.00. The van der Waals surface area contributed by atoms with Gasteiger partial charge < -0.3 is 9.47 Å². The van der Waals surface area contributed by atoms with E-state index in [1.165, 1.54) is 189 Å². The van der Waals surface area contributed by atoms with Gasteiger partial charge in [0.2, 0.25) is 0 Å². The second-order valence-corrected chi connectivity index (χ2v) is 24.6. The monoisotopic (exact) mass is 974 g/mol. The number of fused-ring (bicyclic) bond motifs is 3. The Morgan fingerprint density at radius 2 is 0.828 bits per heavy atom. The van der Waals surface area contributed by atoms with Crippen LogP contribution >= 0.6 is 68.0 Å². The first-order chi connectivity index (χ1) is 31.4. The molecule has 10 heteroatoms. The van der Waals surface area contributed by atoms with E-state index in [0.29, 0.717) is 0 Å². The van der Waals surface area contributed by atoms with Gasteiger partial charge in [0, 0.05) is 30.3 Å². The number of ether oxygens (including phenoxy) is 2. The lowest BCUT2D eigenvalue weighted by Gasteiger charge is -2.14. The van der Waals surface area contributed by atoms with Crippen molar-refractivity contribution in [3.05, 3.63) is 45.1 Å². The molecule has 0 aliphatic carbocycles. The van der Waals surface area contributed by atoms with E-state index < -0.39 is 0 Å². The highest BCUT2D eigenvalue weighted by molar-refractivity contribution is 7.33. The number of unbranched alkanes of at least 4 members (excludes halogenated alkanes) is 18. The van der Waals surface area contributed by atoms with E-state index in [0.717, 1.165) is 70.1 Å². The van der Waals surface area contributed by atoms with Gasteiger partial charge in [-0.1, -0.05) is 166 Å². The molecule has 0 bridgehead atoms. The van der Waals surface area contributed by atoms with Crippen LogP contribution in [0.25, 0.3) is 59.4 Å². The van der Waals surface area contributed by atoms with Gasteiger partial charge in [-0.3, -0.25) is 0 Å². The first-order valence-electron chi connectivity index (χ1n) is 25.2. The summed E-state index contributed by atoms with van der Waals surface area (Å²) in [6.45, 7) is 15.1. The summed E-state index contributed by atoms with van der Waals surface area (Å²) in [6.07, 6.45) is 30.2. The molecule has 348 valence electrons. The predicted molar refractivity (Wildman–Crippen MR) is 290 cm³/mol. The molecule has 0 radical (unpaired) electrons.